The van der Waals surface area contributed by atoms with Crippen LogP contribution in [0.2, 0.25) is 12.1 Å². The normalized spacial score (nSPS) is 20.3. The summed E-state index contributed by atoms with van der Waals surface area (Å²) in [6, 6.07) is 3.17. The highest BCUT2D eigenvalue weighted by molar-refractivity contribution is 6.58. The molecular formula is C7H17NSi. The van der Waals surface area contributed by atoms with Crippen LogP contribution in [-0.2, 0) is 0 Å². The van der Waals surface area contributed by atoms with E-state index in [0.29, 0.717) is 0 Å². The van der Waals surface area contributed by atoms with Gasteiger partial charge >= 0.3 is 0 Å². The van der Waals surface area contributed by atoms with Gasteiger partial charge < -0.3 is 4.57 Å². The van der Waals surface area contributed by atoms with Crippen LogP contribution in [0.4, 0.5) is 0 Å². The van der Waals surface area contributed by atoms with Gasteiger partial charge in [0.1, 0.15) is 8.96 Å². The molecule has 2 heteroatoms. The van der Waals surface area contributed by atoms with E-state index in [9.17, 15) is 0 Å². The second-order valence-electron chi connectivity index (χ2n) is 2.81. The zero-order valence-corrected chi connectivity index (χ0v) is 7.71. The SMILES string of the molecule is CCN(CC)[SiH]1CCC1. The molecule has 0 aromatic rings. The molecule has 1 heterocycles. The molecule has 1 aliphatic heterocycles. The second kappa shape index (κ2) is 3.37. The molecule has 1 saturated heterocycles. The lowest BCUT2D eigenvalue weighted by atomic mass is 10.5. The van der Waals surface area contributed by atoms with Gasteiger partial charge in [0.25, 0.3) is 0 Å². The second-order valence-corrected chi connectivity index (χ2v) is 6.00. The van der Waals surface area contributed by atoms with Gasteiger partial charge in [0.15, 0.2) is 0 Å². The first kappa shape index (κ1) is 7.29. The molecule has 0 atom stereocenters. The van der Waals surface area contributed by atoms with Gasteiger partial charge in [-0.1, -0.05) is 20.3 Å². The van der Waals surface area contributed by atoms with Gasteiger partial charge in [-0.2, -0.15) is 0 Å². The number of nitrogens with zero attached hydrogens (tertiary/aromatic N) is 1. The van der Waals surface area contributed by atoms with Crippen LogP contribution in [0.3, 0.4) is 0 Å². The predicted molar refractivity (Wildman–Crippen MR) is 44.3 cm³/mol. The zero-order valence-electron chi connectivity index (χ0n) is 6.56. The quantitative estimate of drug-likeness (QED) is 0.541. The van der Waals surface area contributed by atoms with E-state index in [1.165, 1.54) is 19.5 Å². The summed E-state index contributed by atoms with van der Waals surface area (Å²) >= 11 is 0. The van der Waals surface area contributed by atoms with Gasteiger partial charge in [-0.25, -0.2) is 0 Å². The van der Waals surface area contributed by atoms with Crippen molar-refractivity contribution in [3.05, 3.63) is 0 Å². The number of rotatable bonds is 3. The summed E-state index contributed by atoms with van der Waals surface area (Å²) in [7, 11) is -0.282. The van der Waals surface area contributed by atoms with Gasteiger partial charge in [0, 0.05) is 0 Å². The Balaban J connectivity index is 2.19. The van der Waals surface area contributed by atoms with Gasteiger partial charge in [0.2, 0.25) is 0 Å². The summed E-state index contributed by atoms with van der Waals surface area (Å²) in [6.45, 7) is 7.17. The summed E-state index contributed by atoms with van der Waals surface area (Å²) < 4.78 is 2.70. The third-order valence-corrected chi connectivity index (χ3v) is 6.32. The van der Waals surface area contributed by atoms with Crippen LogP contribution < -0.4 is 0 Å². The summed E-state index contributed by atoms with van der Waals surface area (Å²) in [4.78, 5) is 0. The third kappa shape index (κ3) is 1.55. The minimum atomic E-state index is -0.282. The predicted octanol–water partition coefficient (Wildman–Crippen LogP) is 1.46. The van der Waals surface area contributed by atoms with Crippen LogP contribution >= 0.6 is 0 Å². The molecule has 0 aromatic carbocycles. The molecule has 1 nitrogen and oxygen atoms in total. The summed E-state index contributed by atoms with van der Waals surface area (Å²) in [5.41, 5.74) is 0. The fourth-order valence-corrected chi connectivity index (χ4v) is 4.03. The van der Waals surface area contributed by atoms with Crippen molar-refractivity contribution >= 4 is 8.96 Å². The van der Waals surface area contributed by atoms with Crippen molar-refractivity contribution in [2.24, 2.45) is 0 Å². The summed E-state index contributed by atoms with van der Waals surface area (Å²) in [5.74, 6) is 0. The molecule has 0 bridgehead atoms. The Labute approximate surface area is 59.7 Å². The first-order valence-electron chi connectivity index (χ1n) is 4.12. The van der Waals surface area contributed by atoms with E-state index in [0.717, 1.165) is 0 Å². The molecule has 1 rings (SSSR count). The molecule has 0 amide bonds. The molecule has 0 aliphatic carbocycles. The van der Waals surface area contributed by atoms with E-state index >= 15 is 0 Å². The maximum Gasteiger partial charge on any atom is 0.111 e. The first-order valence-corrected chi connectivity index (χ1v) is 6.27. The lowest BCUT2D eigenvalue weighted by molar-refractivity contribution is 0.461. The number of hydrogen-bond donors (Lipinski definition) is 0. The van der Waals surface area contributed by atoms with Gasteiger partial charge in [-0.15, -0.1) is 0 Å². The van der Waals surface area contributed by atoms with Crippen LogP contribution in [0, 0.1) is 0 Å². The van der Waals surface area contributed by atoms with Crippen molar-refractivity contribution in [3.63, 3.8) is 0 Å². The molecular weight excluding hydrogens is 126 g/mol. The van der Waals surface area contributed by atoms with Crippen molar-refractivity contribution in [1.82, 2.24) is 4.57 Å². The molecule has 0 spiro atoms. The molecule has 0 radical (unpaired) electrons. The standard InChI is InChI=1S/C7H17NSi/c1-3-8(4-2)9-6-5-7-9/h9H,3-7H2,1-2H3. The van der Waals surface area contributed by atoms with Crippen LogP contribution in [0.1, 0.15) is 20.3 Å². The van der Waals surface area contributed by atoms with Gasteiger partial charge in [-0.05, 0) is 25.2 Å². The Morgan fingerprint density at radius 1 is 1.22 bits per heavy atom. The number of hydrogen-bond acceptors (Lipinski definition) is 1. The Morgan fingerprint density at radius 2 is 1.78 bits per heavy atom. The monoisotopic (exact) mass is 143 g/mol. The highest BCUT2D eigenvalue weighted by Crippen LogP contribution is 2.22. The van der Waals surface area contributed by atoms with E-state index in [2.05, 4.69) is 18.4 Å². The molecule has 1 fully saturated rings. The third-order valence-electron chi connectivity index (χ3n) is 2.40. The average molecular weight is 143 g/mol. The van der Waals surface area contributed by atoms with E-state index in [4.69, 9.17) is 0 Å². The lowest BCUT2D eigenvalue weighted by Gasteiger charge is -2.34. The van der Waals surface area contributed by atoms with Gasteiger partial charge in [0.05, 0.1) is 0 Å². The highest BCUT2D eigenvalue weighted by Gasteiger charge is 2.23. The molecule has 9 heavy (non-hydrogen) atoms. The van der Waals surface area contributed by atoms with Gasteiger partial charge in [-0.3, -0.25) is 0 Å². The molecule has 54 valence electrons. The van der Waals surface area contributed by atoms with Crippen molar-refractivity contribution in [1.29, 1.82) is 0 Å². The minimum absolute atomic E-state index is 0.282. The van der Waals surface area contributed by atoms with E-state index in [1.54, 1.807) is 12.1 Å². The Kier molecular flexibility index (Phi) is 2.73. The van der Waals surface area contributed by atoms with Crippen molar-refractivity contribution in [2.75, 3.05) is 13.1 Å². The Morgan fingerprint density at radius 3 is 1.89 bits per heavy atom. The average Bonchev–Trinajstić information content (AvgIpc) is 1.78. The van der Waals surface area contributed by atoms with Crippen LogP contribution in [0.5, 0.6) is 0 Å². The van der Waals surface area contributed by atoms with E-state index < -0.39 is 0 Å². The molecule has 0 saturated carbocycles. The van der Waals surface area contributed by atoms with Crippen LogP contribution in [0.15, 0.2) is 0 Å². The minimum Gasteiger partial charge on any atom is -0.327 e. The maximum atomic E-state index is 2.70. The van der Waals surface area contributed by atoms with Crippen molar-refractivity contribution in [3.8, 4) is 0 Å². The molecule has 0 unspecified atom stereocenters. The zero-order chi connectivity index (χ0) is 6.69. The topological polar surface area (TPSA) is 3.24 Å². The van der Waals surface area contributed by atoms with Crippen LogP contribution in [0.25, 0.3) is 0 Å². The lowest BCUT2D eigenvalue weighted by Crippen LogP contribution is -2.43. The summed E-state index contributed by atoms with van der Waals surface area (Å²) in [5, 5.41) is 0. The molecule has 1 aliphatic rings. The molecule has 0 N–H and O–H groups in total. The Bertz CT molecular complexity index is 77.0. The van der Waals surface area contributed by atoms with Crippen molar-refractivity contribution in [2.45, 2.75) is 32.4 Å². The summed E-state index contributed by atoms with van der Waals surface area (Å²) in [6.07, 6.45) is 1.52. The largest absolute Gasteiger partial charge is 0.327 e. The van der Waals surface area contributed by atoms with Crippen LogP contribution in [-0.4, -0.2) is 26.6 Å². The fraction of sp³-hybridized carbons (Fsp3) is 1.00. The highest BCUT2D eigenvalue weighted by atomic mass is 28.3. The Hall–Kier alpha value is 0.177. The fourth-order valence-electron chi connectivity index (χ4n) is 1.49. The smallest absolute Gasteiger partial charge is 0.111 e. The van der Waals surface area contributed by atoms with Crippen molar-refractivity contribution < 1.29 is 0 Å². The molecule has 0 aromatic heterocycles. The first-order chi connectivity index (χ1) is 4.38. The van der Waals surface area contributed by atoms with E-state index in [1.807, 2.05) is 0 Å². The van der Waals surface area contributed by atoms with E-state index in [-0.39, 0.29) is 8.96 Å². The maximum absolute atomic E-state index is 2.70.